The van der Waals surface area contributed by atoms with Gasteiger partial charge in [-0.15, -0.1) is 0 Å². The number of nitrogens with one attached hydrogen (secondary N) is 1. The molecule has 1 aliphatic rings. The van der Waals surface area contributed by atoms with Crippen molar-refractivity contribution in [3.05, 3.63) is 85.5 Å². The Labute approximate surface area is 179 Å². The van der Waals surface area contributed by atoms with Crippen LogP contribution in [0, 0.1) is 22.1 Å². The van der Waals surface area contributed by atoms with Crippen LogP contribution in [0.3, 0.4) is 0 Å². The van der Waals surface area contributed by atoms with Gasteiger partial charge in [-0.25, -0.2) is 8.78 Å². The number of hydrogen-bond acceptors (Lipinski definition) is 3. The molecule has 0 saturated carbocycles. The first kappa shape index (κ1) is 19.4. The number of carbonyl (C=O) groups is 1. The van der Waals surface area contributed by atoms with Crippen LogP contribution >= 0.6 is 34.4 Å². The molecule has 0 fully saturated rings. The lowest BCUT2D eigenvalue weighted by atomic mass is 9.94. The van der Waals surface area contributed by atoms with Crippen LogP contribution in [0.4, 0.5) is 8.78 Å². The number of rotatable bonds is 3. The van der Waals surface area contributed by atoms with Gasteiger partial charge in [0, 0.05) is 16.2 Å². The van der Waals surface area contributed by atoms with E-state index in [-0.39, 0.29) is 11.3 Å². The van der Waals surface area contributed by atoms with Crippen molar-refractivity contribution in [1.82, 2.24) is 5.32 Å². The zero-order valence-electron chi connectivity index (χ0n) is 15.1. The summed E-state index contributed by atoms with van der Waals surface area (Å²) in [6.45, 7) is 2.01. The number of Topliss-reactive ketones (excluding diaryl/α,β-unsaturated/α-hetero) is 1. The Kier molecular flexibility index (Phi) is 5.18. The van der Waals surface area contributed by atoms with Gasteiger partial charge >= 0.3 is 0 Å². The number of ketones is 1. The molecule has 2 nitrogen and oxygen atoms in total. The molecule has 0 saturated heterocycles. The van der Waals surface area contributed by atoms with Gasteiger partial charge in [0.2, 0.25) is 0 Å². The average molecular weight is 507 g/mol. The number of allylic oxidation sites excluding steroid dienone is 1. The van der Waals surface area contributed by atoms with Gasteiger partial charge in [0.15, 0.2) is 5.78 Å². The summed E-state index contributed by atoms with van der Waals surface area (Å²) in [4.78, 5) is 13.4. The lowest BCUT2D eigenvalue weighted by molar-refractivity contribution is -0.113. The van der Waals surface area contributed by atoms with Crippen molar-refractivity contribution >= 4 is 56.5 Å². The number of benzene rings is 3. The van der Waals surface area contributed by atoms with Crippen LogP contribution in [0.1, 0.15) is 21.9 Å². The molecule has 3 aromatic carbocycles. The van der Waals surface area contributed by atoms with Crippen molar-refractivity contribution in [2.24, 2.45) is 0 Å². The molecule has 0 aromatic heterocycles. The van der Waals surface area contributed by atoms with Crippen LogP contribution in [-0.2, 0) is 4.79 Å². The zero-order chi connectivity index (χ0) is 20.0. The number of aryl methyl sites for hydroxylation is 1. The van der Waals surface area contributed by atoms with Gasteiger partial charge in [-0.3, -0.25) is 4.79 Å². The monoisotopic (exact) mass is 507 g/mol. The predicted octanol–water partition coefficient (Wildman–Crippen LogP) is 5.98. The van der Waals surface area contributed by atoms with E-state index in [1.54, 1.807) is 19.2 Å². The first-order valence-electron chi connectivity index (χ1n) is 8.67. The van der Waals surface area contributed by atoms with E-state index in [2.05, 4.69) is 27.9 Å². The molecule has 1 unspecified atom stereocenters. The van der Waals surface area contributed by atoms with E-state index in [1.807, 2.05) is 25.1 Å². The maximum Gasteiger partial charge on any atom is 0.184 e. The Morgan fingerprint density at radius 2 is 1.82 bits per heavy atom. The Bertz CT molecular complexity index is 1150. The van der Waals surface area contributed by atoms with E-state index in [0.717, 1.165) is 14.7 Å². The van der Waals surface area contributed by atoms with Gasteiger partial charge in [0.05, 0.1) is 10.6 Å². The average Bonchev–Trinajstić information content (AvgIpc) is 3.00. The minimum absolute atomic E-state index is 0.176. The summed E-state index contributed by atoms with van der Waals surface area (Å²) >= 11 is 3.51. The van der Waals surface area contributed by atoms with Crippen molar-refractivity contribution in [3.63, 3.8) is 0 Å². The van der Waals surface area contributed by atoms with Gasteiger partial charge in [-0.05, 0) is 75.7 Å². The van der Waals surface area contributed by atoms with Crippen LogP contribution < -0.4 is 5.32 Å². The molecule has 1 heterocycles. The Hall–Kier alpha value is -1.93. The summed E-state index contributed by atoms with van der Waals surface area (Å²) in [5, 5.41) is 4.15. The van der Waals surface area contributed by atoms with Gasteiger partial charge in [0.25, 0.3) is 0 Å². The second kappa shape index (κ2) is 7.48. The first-order valence-corrected chi connectivity index (χ1v) is 10.6. The van der Waals surface area contributed by atoms with Crippen LogP contribution in [0.2, 0.25) is 0 Å². The lowest BCUT2D eigenvalue weighted by Gasteiger charge is -2.14. The molecule has 28 heavy (non-hydrogen) atoms. The SMILES string of the molecule is CNC1=C(c2ccc(C)c(I)c2)C(=O)C(c2c(F)ccc3ccc(F)cc23)S1. The number of thioether (sulfide) groups is 1. The van der Waals surface area contributed by atoms with E-state index in [9.17, 15) is 13.6 Å². The summed E-state index contributed by atoms with van der Waals surface area (Å²) in [7, 11) is 1.75. The molecule has 6 heteroatoms. The molecule has 1 N–H and O–H groups in total. The van der Waals surface area contributed by atoms with Crippen LogP contribution in [0.5, 0.6) is 0 Å². The molecular formula is C22H16F2INOS. The fourth-order valence-corrected chi connectivity index (χ4v) is 5.21. The van der Waals surface area contributed by atoms with Gasteiger partial charge in [-0.2, -0.15) is 0 Å². The molecule has 0 amide bonds. The molecule has 0 bridgehead atoms. The highest BCUT2D eigenvalue weighted by Crippen LogP contribution is 2.49. The van der Waals surface area contributed by atoms with Crippen molar-refractivity contribution in [2.45, 2.75) is 12.2 Å². The minimum atomic E-state index is -0.762. The third-order valence-corrected chi connectivity index (χ3v) is 7.36. The number of hydrogen-bond donors (Lipinski definition) is 1. The van der Waals surface area contributed by atoms with Crippen molar-refractivity contribution < 1.29 is 13.6 Å². The Morgan fingerprint density at radius 3 is 2.54 bits per heavy atom. The highest BCUT2D eigenvalue weighted by Gasteiger charge is 2.38. The first-order chi connectivity index (χ1) is 13.4. The Balaban J connectivity index is 1.86. The topological polar surface area (TPSA) is 29.1 Å². The van der Waals surface area contributed by atoms with Crippen molar-refractivity contribution in [3.8, 4) is 0 Å². The molecule has 142 valence electrons. The molecule has 0 spiro atoms. The normalized spacial score (nSPS) is 16.9. The fourth-order valence-electron chi connectivity index (χ4n) is 3.42. The smallest absolute Gasteiger partial charge is 0.184 e. The van der Waals surface area contributed by atoms with E-state index in [4.69, 9.17) is 0 Å². The summed E-state index contributed by atoms with van der Waals surface area (Å²) in [6.07, 6.45) is 0. The molecular weight excluding hydrogens is 491 g/mol. The van der Waals surface area contributed by atoms with Crippen LogP contribution in [-0.4, -0.2) is 12.8 Å². The molecule has 0 radical (unpaired) electrons. The fraction of sp³-hybridized carbons (Fsp3) is 0.136. The maximum atomic E-state index is 14.8. The maximum absolute atomic E-state index is 14.8. The standard InChI is InChI=1S/C22H16F2INOS/c1-11-3-4-13(9-17(11)25)18-20(27)21(28-22(18)26-2)19-15-10-14(23)7-5-12(15)6-8-16(19)24/h3-10,21,26H,1-2H3. The Morgan fingerprint density at radius 1 is 1.07 bits per heavy atom. The van der Waals surface area contributed by atoms with E-state index < -0.39 is 16.9 Å². The van der Waals surface area contributed by atoms with Crippen molar-refractivity contribution in [2.75, 3.05) is 7.05 Å². The third kappa shape index (κ3) is 3.22. The van der Waals surface area contributed by atoms with E-state index in [1.165, 1.54) is 30.0 Å². The second-order valence-corrected chi connectivity index (χ2v) is 8.88. The summed E-state index contributed by atoms with van der Waals surface area (Å²) in [5.74, 6) is -1.13. The number of carbonyl (C=O) groups excluding carboxylic acids is 1. The van der Waals surface area contributed by atoms with Crippen molar-refractivity contribution in [1.29, 1.82) is 0 Å². The lowest BCUT2D eigenvalue weighted by Crippen LogP contribution is -2.09. The largest absolute Gasteiger partial charge is 0.382 e. The molecule has 0 aliphatic carbocycles. The number of halogens is 3. The molecule has 1 aliphatic heterocycles. The second-order valence-electron chi connectivity index (χ2n) is 6.61. The quantitative estimate of drug-likeness (QED) is 0.443. The molecule has 1 atom stereocenters. The number of fused-ring (bicyclic) bond motifs is 1. The summed E-state index contributed by atoms with van der Waals surface area (Å²) in [6, 6.07) is 13.0. The minimum Gasteiger partial charge on any atom is -0.382 e. The van der Waals surface area contributed by atoms with Crippen LogP contribution in [0.15, 0.2) is 53.6 Å². The van der Waals surface area contributed by atoms with E-state index in [0.29, 0.717) is 21.4 Å². The van der Waals surface area contributed by atoms with Gasteiger partial charge in [-0.1, -0.05) is 36.0 Å². The summed E-state index contributed by atoms with van der Waals surface area (Å²) in [5.41, 5.74) is 2.70. The van der Waals surface area contributed by atoms with Crippen LogP contribution in [0.25, 0.3) is 16.3 Å². The highest BCUT2D eigenvalue weighted by atomic mass is 127. The molecule has 3 aromatic rings. The third-order valence-electron chi connectivity index (χ3n) is 4.87. The van der Waals surface area contributed by atoms with Gasteiger partial charge in [0.1, 0.15) is 16.9 Å². The predicted molar refractivity (Wildman–Crippen MR) is 119 cm³/mol. The molecule has 4 rings (SSSR count). The van der Waals surface area contributed by atoms with Gasteiger partial charge < -0.3 is 5.32 Å². The van der Waals surface area contributed by atoms with E-state index >= 15 is 0 Å². The summed E-state index contributed by atoms with van der Waals surface area (Å²) < 4.78 is 29.7. The zero-order valence-corrected chi connectivity index (χ0v) is 18.1. The highest BCUT2D eigenvalue weighted by molar-refractivity contribution is 14.1.